The molecule has 2 aliphatic heterocycles. The summed E-state index contributed by atoms with van der Waals surface area (Å²) in [5.41, 5.74) is 1.10. The maximum absolute atomic E-state index is 12.0. The fourth-order valence-corrected chi connectivity index (χ4v) is 2.33. The Morgan fingerprint density at radius 2 is 1.75 bits per heavy atom. The van der Waals surface area contributed by atoms with Gasteiger partial charge in [-0.05, 0) is 5.56 Å². The van der Waals surface area contributed by atoms with Gasteiger partial charge in [0.2, 0.25) is 0 Å². The minimum absolute atomic E-state index is 0.139. The van der Waals surface area contributed by atoms with Crippen LogP contribution in [0, 0.1) is 0 Å². The van der Waals surface area contributed by atoms with E-state index in [0.29, 0.717) is 0 Å². The van der Waals surface area contributed by atoms with Gasteiger partial charge in [0.15, 0.2) is 11.9 Å². The molecule has 2 unspecified atom stereocenters. The number of rotatable bonds is 5. The zero-order valence-electron chi connectivity index (χ0n) is 13.2. The highest BCUT2D eigenvalue weighted by Gasteiger charge is 2.52. The Bertz CT molecular complexity index is 705. The van der Waals surface area contributed by atoms with E-state index in [9.17, 15) is 9.59 Å². The van der Waals surface area contributed by atoms with Crippen LogP contribution >= 0.6 is 0 Å². The van der Waals surface area contributed by atoms with Crippen molar-refractivity contribution in [3.63, 3.8) is 0 Å². The third-order valence-corrected chi connectivity index (χ3v) is 3.61. The van der Waals surface area contributed by atoms with Gasteiger partial charge in [0.1, 0.15) is 24.5 Å². The first kappa shape index (κ1) is 16.1. The van der Waals surface area contributed by atoms with Crippen LogP contribution in [0.25, 0.3) is 0 Å². The summed E-state index contributed by atoms with van der Waals surface area (Å²) in [5, 5.41) is 0. The van der Waals surface area contributed by atoms with Crippen molar-refractivity contribution in [2.24, 2.45) is 0 Å². The number of ether oxygens (including phenoxy) is 5. The molecule has 0 N–H and O–H groups in total. The molecule has 1 fully saturated rings. The van der Waals surface area contributed by atoms with Crippen LogP contribution in [0.5, 0.6) is 0 Å². The molecule has 24 heavy (non-hydrogen) atoms. The Kier molecular flexibility index (Phi) is 4.52. The third kappa shape index (κ3) is 3.11. The van der Waals surface area contributed by atoms with Crippen LogP contribution in [0.1, 0.15) is 5.56 Å². The minimum atomic E-state index is -0.713. The number of epoxide rings is 1. The third-order valence-electron chi connectivity index (χ3n) is 3.61. The van der Waals surface area contributed by atoms with Crippen LogP contribution in [-0.4, -0.2) is 38.4 Å². The molecule has 7 nitrogen and oxygen atoms in total. The van der Waals surface area contributed by atoms with E-state index in [0.717, 1.165) is 11.8 Å². The molecule has 0 radical (unpaired) electrons. The number of carbonyl (C=O) groups excluding carboxylic acids is 2. The summed E-state index contributed by atoms with van der Waals surface area (Å²) in [7, 11) is 2.49. The van der Waals surface area contributed by atoms with Crippen LogP contribution in [0.4, 0.5) is 0 Å². The topological polar surface area (TPSA) is 83.6 Å². The second kappa shape index (κ2) is 6.76. The molecule has 2 heterocycles. The molecule has 0 bridgehead atoms. The first-order chi connectivity index (χ1) is 11.7. The van der Waals surface area contributed by atoms with Gasteiger partial charge in [0, 0.05) is 0 Å². The molecule has 7 heteroatoms. The highest BCUT2D eigenvalue weighted by molar-refractivity contribution is 5.92. The second-order valence-electron chi connectivity index (χ2n) is 5.12. The van der Waals surface area contributed by atoms with Crippen LogP contribution in [-0.2, 0) is 39.9 Å². The number of methoxy groups -OCH3 is 2. The van der Waals surface area contributed by atoms with Gasteiger partial charge >= 0.3 is 11.9 Å². The first-order valence-electron chi connectivity index (χ1n) is 7.25. The van der Waals surface area contributed by atoms with E-state index >= 15 is 0 Å². The van der Waals surface area contributed by atoms with Gasteiger partial charge in [-0.2, -0.15) is 0 Å². The smallest absolute Gasteiger partial charge is 0.377 e. The van der Waals surface area contributed by atoms with E-state index in [-0.39, 0.29) is 23.7 Å². The van der Waals surface area contributed by atoms with Gasteiger partial charge in [0.25, 0.3) is 5.76 Å². The molecule has 1 aromatic rings. The van der Waals surface area contributed by atoms with Crippen molar-refractivity contribution >= 4 is 11.9 Å². The largest absolute Gasteiger partial charge is 0.486 e. The van der Waals surface area contributed by atoms with E-state index in [2.05, 4.69) is 4.74 Å². The Balaban J connectivity index is 1.83. The molecule has 0 aliphatic carbocycles. The maximum atomic E-state index is 12.0. The van der Waals surface area contributed by atoms with Crippen molar-refractivity contribution in [1.29, 1.82) is 0 Å². The fourth-order valence-electron chi connectivity index (χ4n) is 2.33. The van der Waals surface area contributed by atoms with Crippen molar-refractivity contribution in [2.75, 3.05) is 14.2 Å². The summed E-state index contributed by atoms with van der Waals surface area (Å²) >= 11 is 0. The molecular formula is C17H16O7. The zero-order valence-corrected chi connectivity index (χ0v) is 13.2. The van der Waals surface area contributed by atoms with Crippen LogP contribution < -0.4 is 0 Å². The lowest BCUT2D eigenvalue weighted by molar-refractivity contribution is -0.140. The van der Waals surface area contributed by atoms with Crippen molar-refractivity contribution in [1.82, 2.24) is 0 Å². The number of fused-ring (bicyclic) bond motifs is 1. The van der Waals surface area contributed by atoms with Crippen LogP contribution in [0.2, 0.25) is 0 Å². The predicted molar refractivity (Wildman–Crippen MR) is 80.1 cm³/mol. The summed E-state index contributed by atoms with van der Waals surface area (Å²) in [6, 6.07) is 9.43. The number of carbonyl (C=O) groups is 2. The monoisotopic (exact) mass is 332 g/mol. The highest BCUT2D eigenvalue weighted by atomic mass is 16.6. The van der Waals surface area contributed by atoms with E-state index < -0.39 is 24.1 Å². The number of hydrogen-bond donors (Lipinski definition) is 0. The van der Waals surface area contributed by atoms with Crippen molar-refractivity contribution < 1.29 is 33.3 Å². The van der Waals surface area contributed by atoms with Gasteiger partial charge in [-0.3, -0.25) is 0 Å². The molecule has 126 valence electrons. The lowest BCUT2D eigenvalue weighted by Crippen LogP contribution is -2.14. The standard InChI is InChI=1S/C17H16O7/c1-20-16(18)11-9-23-15(17(19)21-2)13(14-12(11)24-14)22-8-10-6-4-3-5-7-10/h3-7,9,12,14H,8H2,1-2H3. The molecule has 0 spiro atoms. The highest BCUT2D eigenvalue weighted by Crippen LogP contribution is 2.40. The van der Waals surface area contributed by atoms with Gasteiger partial charge in [-0.1, -0.05) is 30.3 Å². The first-order valence-corrected chi connectivity index (χ1v) is 7.25. The Labute approximate surface area is 138 Å². The zero-order chi connectivity index (χ0) is 17.1. The van der Waals surface area contributed by atoms with E-state index in [1.54, 1.807) is 0 Å². The van der Waals surface area contributed by atoms with Gasteiger partial charge in [0.05, 0.1) is 14.2 Å². The summed E-state index contributed by atoms with van der Waals surface area (Å²) in [5.74, 6) is -1.24. The molecule has 0 saturated carbocycles. The van der Waals surface area contributed by atoms with Crippen molar-refractivity contribution in [3.8, 4) is 0 Å². The molecule has 2 atom stereocenters. The number of benzene rings is 1. The van der Waals surface area contributed by atoms with Crippen molar-refractivity contribution in [3.05, 3.63) is 59.2 Å². The molecule has 1 saturated heterocycles. The maximum Gasteiger partial charge on any atom is 0.377 e. The lowest BCUT2D eigenvalue weighted by Gasteiger charge is -2.12. The number of hydrogen-bond acceptors (Lipinski definition) is 7. The van der Waals surface area contributed by atoms with Crippen molar-refractivity contribution in [2.45, 2.75) is 18.8 Å². The summed E-state index contributed by atoms with van der Waals surface area (Å²) in [4.78, 5) is 23.7. The van der Waals surface area contributed by atoms with Gasteiger partial charge in [-0.15, -0.1) is 0 Å². The number of esters is 2. The van der Waals surface area contributed by atoms with Crippen LogP contribution in [0.3, 0.4) is 0 Å². The summed E-state index contributed by atoms with van der Waals surface area (Å²) < 4.78 is 26.0. The average molecular weight is 332 g/mol. The minimum Gasteiger partial charge on any atom is -0.486 e. The summed E-state index contributed by atoms with van der Waals surface area (Å²) in [6.45, 7) is 0.222. The molecule has 0 amide bonds. The average Bonchev–Trinajstić information content (AvgIpc) is 3.40. The van der Waals surface area contributed by atoms with E-state index in [1.807, 2.05) is 30.3 Å². The molecule has 3 rings (SSSR count). The normalized spacial score (nSPS) is 21.7. The fraction of sp³-hybridized carbons (Fsp3) is 0.294. The van der Waals surface area contributed by atoms with Gasteiger partial charge < -0.3 is 23.7 Å². The Morgan fingerprint density at radius 1 is 1.04 bits per heavy atom. The SMILES string of the molecule is COC(=O)C1=COC(C(=O)OC)=C(OCc2ccccc2)C2OC12. The predicted octanol–water partition coefficient (Wildman–Crippen LogP) is 1.44. The Morgan fingerprint density at radius 3 is 2.42 bits per heavy atom. The molecule has 0 aromatic heterocycles. The van der Waals surface area contributed by atoms with Gasteiger partial charge in [-0.25, -0.2) is 9.59 Å². The molecular weight excluding hydrogens is 316 g/mol. The summed E-state index contributed by atoms with van der Waals surface area (Å²) in [6.07, 6.45) is -0.0113. The lowest BCUT2D eigenvalue weighted by atomic mass is 10.1. The quantitative estimate of drug-likeness (QED) is 0.596. The Hall–Kier alpha value is -2.80. The molecule has 1 aromatic carbocycles. The van der Waals surface area contributed by atoms with E-state index in [1.165, 1.54) is 14.2 Å². The molecule has 2 aliphatic rings. The van der Waals surface area contributed by atoms with Crippen LogP contribution in [0.15, 0.2) is 53.7 Å². The second-order valence-corrected chi connectivity index (χ2v) is 5.12. The van der Waals surface area contributed by atoms with E-state index in [4.69, 9.17) is 18.9 Å².